The van der Waals surface area contributed by atoms with Gasteiger partial charge >= 0.3 is 5.97 Å². The second-order valence-corrected chi connectivity index (χ2v) is 3.23. The van der Waals surface area contributed by atoms with Gasteiger partial charge in [-0.2, -0.15) is 0 Å². The molecule has 0 unspecified atom stereocenters. The minimum Gasteiger partial charge on any atom is -0.481 e. The predicted octanol–water partition coefficient (Wildman–Crippen LogP) is 3.17. The van der Waals surface area contributed by atoms with Crippen molar-refractivity contribution < 1.29 is 9.90 Å². The summed E-state index contributed by atoms with van der Waals surface area (Å²) in [5.74, 6) is -0.744. The van der Waals surface area contributed by atoms with Crippen LogP contribution in [0.1, 0.15) is 38.5 Å². The Hall–Kier alpha value is -1.38. The van der Waals surface area contributed by atoms with Gasteiger partial charge in [0.05, 0.1) is 0 Å². The highest BCUT2D eigenvalue weighted by Crippen LogP contribution is 1.98. The molecule has 2 N–H and O–H groups in total. The SMILES string of the molecule is N=CCCC=CCCC=CCCC(=O)O. The number of carboxylic acids is 1. The number of allylic oxidation sites excluding steroid dienone is 4. The second-order valence-electron chi connectivity index (χ2n) is 3.23. The molecule has 0 aliphatic carbocycles. The van der Waals surface area contributed by atoms with E-state index in [1.165, 1.54) is 6.21 Å². The molecule has 0 aromatic rings. The zero-order valence-electron chi connectivity index (χ0n) is 8.98. The van der Waals surface area contributed by atoms with Gasteiger partial charge in [0, 0.05) is 6.42 Å². The Bertz CT molecular complexity index is 232. The molecule has 0 spiro atoms. The second kappa shape index (κ2) is 10.7. The van der Waals surface area contributed by atoms with Gasteiger partial charge in [0.2, 0.25) is 0 Å². The molecule has 0 aromatic heterocycles. The van der Waals surface area contributed by atoms with Gasteiger partial charge in [-0.1, -0.05) is 24.3 Å². The first kappa shape index (κ1) is 13.6. The fourth-order valence-corrected chi connectivity index (χ4v) is 1.05. The highest BCUT2D eigenvalue weighted by molar-refractivity contribution is 5.66. The minimum atomic E-state index is -0.744. The van der Waals surface area contributed by atoms with Gasteiger partial charge in [-0.25, -0.2) is 0 Å². The minimum absolute atomic E-state index is 0.214. The normalized spacial score (nSPS) is 11.2. The van der Waals surface area contributed by atoms with Gasteiger partial charge < -0.3 is 10.5 Å². The number of unbranched alkanes of at least 4 members (excludes halogenated alkanes) is 2. The van der Waals surface area contributed by atoms with Crippen molar-refractivity contribution in [3.05, 3.63) is 24.3 Å². The molecule has 0 aliphatic heterocycles. The number of hydrogen-bond acceptors (Lipinski definition) is 2. The van der Waals surface area contributed by atoms with Gasteiger partial charge in [-0.3, -0.25) is 4.79 Å². The third kappa shape index (κ3) is 12.6. The van der Waals surface area contributed by atoms with E-state index in [1.54, 1.807) is 0 Å². The molecular formula is C12H19NO2. The Kier molecular flexibility index (Phi) is 9.71. The zero-order valence-corrected chi connectivity index (χ0v) is 8.98. The summed E-state index contributed by atoms with van der Waals surface area (Å²) in [5.41, 5.74) is 0. The average molecular weight is 209 g/mol. The molecule has 0 atom stereocenters. The molecular weight excluding hydrogens is 190 g/mol. The van der Waals surface area contributed by atoms with Crippen LogP contribution in [0.15, 0.2) is 24.3 Å². The van der Waals surface area contributed by atoms with Crippen LogP contribution in [0.25, 0.3) is 0 Å². The molecule has 0 aromatic carbocycles. The molecule has 0 bridgehead atoms. The molecule has 0 amide bonds. The first-order chi connectivity index (χ1) is 7.27. The number of aliphatic carboxylic acids is 1. The van der Waals surface area contributed by atoms with Gasteiger partial charge in [0.25, 0.3) is 0 Å². The van der Waals surface area contributed by atoms with Gasteiger partial charge in [0.15, 0.2) is 0 Å². The largest absolute Gasteiger partial charge is 0.481 e. The molecule has 0 saturated carbocycles. The topological polar surface area (TPSA) is 61.2 Å². The molecule has 0 fully saturated rings. The predicted molar refractivity (Wildman–Crippen MR) is 62.4 cm³/mol. The van der Waals surface area contributed by atoms with E-state index in [4.69, 9.17) is 10.5 Å². The summed E-state index contributed by atoms with van der Waals surface area (Å²) in [6.45, 7) is 0. The van der Waals surface area contributed by atoms with Crippen molar-refractivity contribution in [1.82, 2.24) is 0 Å². The Balaban J connectivity index is 3.25. The number of nitrogens with one attached hydrogen (secondary N) is 1. The van der Waals surface area contributed by atoms with Crippen LogP contribution in [0.4, 0.5) is 0 Å². The first-order valence-corrected chi connectivity index (χ1v) is 5.28. The fraction of sp³-hybridized carbons (Fsp3) is 0.500. The van der Waals surface area contributed by atoms with Gasteiger partial charge in [-0.05, 0) is 38.3 Å². The summed E-state index contributed by atoms with van der Waals surface area (Å²) in [6, 6.07) is 0. The van der Waals surface area contributed by atoms with E-state index in [1.807, 2.05) is 12.2 Å². The first-order valence-electron chi connectivity index (χ1n) is 5.28. The van der Waals surface area contributed by atoms with Crippen molar-refractivity contribution in [3.63, 3.8) is 0 Å². The molecule has 0 aliphatic rings. The number of rotatable bonds is 9. The van der Waals surface area contributed by atoms with E-state index in [9.17, 15) is 4.79 Å². The van der Waals surface area contributed by atoms with Crippen LogP contribution in [-0.2, 0) is 4.79 Å². The maximum atomic E-state index is 10.2. The van der Waals surface area contributed by atoms with Crippen LogP contribution in [-0.4, -0.2) is 17.3 Å². The number of carboxylic acid groups (broad SMARTS) is 1. The summed E-state index contributed by atoms with van der Waals surface area (Å²) in [7, 11) is 0. The summed E-state index contributed by atoms with van der Waals surface area (Å²) < 4.78 is 0. The smallest absolute Gasteiger partial charge is 0.303 e. The lowest BCUT2D eigenvalue weighted by Crippen LogP contribution is -1.91. The summed E-state index contributed by atoms with van der Waals surface area (Å²) >= 11 is 0. The zero-order chi connectivity index (χ0) is 11.4. The van der Waals surface area contributed by atoms with E-state index >= 15 is 0 Å². The van der Waals surface area contributed by atoms with Crippen LogP contribution in [0.2, 0.25) is 0 Å². The Labute approximate surface area is 91.0 Å². The average Bonchev–Trinajstić information content (AvgIpc) is 2.20. The molecule has 0 radical (unpaired) electrons. The standard InChI is InChI=1S/C12H19NO2/c13-11-9-7-5-3-1-2-4-6-8-10-12(14)15/h3-6,11,13H,1-2,7-10H2,(H,14,15). The van der Waals surface area contributed by atoms with Crippen LogP contribution in [0.5, 0.6) is 0 Å². The van der Waals surface area contributed by atoms with Crippen molar-refractivity contribution in [2.45, 2.75) is 38.5 Å². The van der Waals surface area contributed by atoms with Crippen molar-refractivity contribution in [1.29, 1.82) is 5.41 Å². The molecule has 0 heterocycles. The molecule has 3 nitrogen and oxygen atoms in total. The van der Waals surface area contributed by atoms with Gasteiger partial charge in [-0.15, -0.1) is 0 Å². The van der Waals surface area contributed by atoms with E-state index in [0.717, 1.165) is 25.7 Å². The van der Waals surface area contributed by atoms with Crippen LogP contribution >= 0.6 is 0 Å². The molecule has 3 heteroatoms. The lowest BCUT2D eigenvalue weighted by atomic mass is 10.2. The van der Waals surface area contributed by atoms with E-state index in [2.05, 4.69) is 12.2 Å². The third-order valence-corrected chi connectivity index (χ3v) is 1.84. The van der Waals surface area contributed by atoms with Crippen molar-refractivity contribution in [2.75, 3.05) is 0 Å². The maximum absolute atomic E-state index is 10.2. The molecule has 0 rings (SSSR count). The third-order valence-electron chi connectivity index (χ3n) is 1.84. The van der Waals surface area contributed by atoms with Gasteiger partial charge in [0.1, 0.15) is 0 Å². The fourth-order valence-electron chi connectivity index (χ4n) is 1.05. The van der Waals surface area contributed by atoms with Crippen molar-refractivity contribution in [3.8, 4) is 0 Å². The van der Waals surface area contributed by atoms with Crippen molar-refractivity contribution >= 4 is 12.2 Å². The molecule has 0 saturated heterocycles. The van der Waals surface area contributed by atoms with Crippen LogP contribution < -0.4 is 0 Å². The number of carbonyl (C=O) groups is 1. The highest BCUT2D eigenvalue weighted by atomic mass is 16.4. The molecule has 84 valence electrons. The lowest BCUT2D eigenvalue weighted by molar-refractivity contribution is -0.136. The number of hydrogen-bond donors (Lipinski definition) is 2. The van der Waals surface area contributed by atoms with E-state index < -0.39 is 5.97 Å². The van der Waals surface area contributed by atoms with E-state index in [0.29, 0.717) is 6.42 Å². The summed E-state index contributed by atoms with van der Waals surface area (Å²) in [6.07, 6.45) is 14.1. The lowest BCUT2D eigenvalue weighted by Gasteiger charge is -1.89. The summed E-state index contributed by atoms with van der Waals surface area (Å²) in [5, 5.41) is 15.2. The maximum Gasteiger partial charge on any atom is 0.303 e. The van der Waals surface area contributed by atoms with Crippen LogP contribution in [0.3, 0.4) is 0 Å². The summed E-state index contributed by atoms with van der Waals surface area (Å²) in [4.78, 5) is 10.2. The Morgan fingerprint density at radius 1 is 0.933 bits per heavy atom. The highest BCUT2D eigenvalue weighted by Gasteiger charge is 1.90. The quantitative estimate of drug-likeness (QED) is 0.348. The monoisotopic (exact) mass is 209 g/mol. The molecule has 15 heavy (non-hydrogen) atoms. The Morgan fingerprint density at radius 3 is 1.87 bits per heavy atom. The van der Waals surface area contributed by atoms with Crippen LogP contribution in [0, 0.1) is 5.41 Å². The Morgan fingerprint density at radius 2 is 1.40 bits per heavy atom. The van der Waals surface area contributed by atoms with Crippen molar-refractivity contribution in [2.24, 2.45) is 0 Å². The van der Waals surface area contributed by atoms with E-state index in [-0.39, 0.29) is 6.42 Å².